The Morgan fingerprint density at radius 2 is 2.26 bits per heavy atom. The molecule has 1 N–H and O–H groups in total. The van der Waals surface area contributed by atoms with Crippen LogP contribution in [0.3, 0.4) is 0 Å². The van der Waals surface area contributed by atoms with Gasteiger partial charge in [0.25, 0.3) is 0 Å². The minimum Gasteiger partial charge on any atom is -0.464 e. The second kappa shape index (κ2) is 6.10. The summed E-state index contributed by atoms with van der Waals surface area (Å²) in [5.74, 6) is -0.671. The number of ether oxygens (including phenoxy) is 1. The van der Waals surface area contributed by atoms with E-state index in [4.69, 9.17) is 5.11 Å². The molecule has 0 radical (unpaired) electrons. The van der Waals surface area contributed by atoms with Crippen LogP contribution in [0.1, 0.15) is 17.4 Å². The molecule has 0 fully saturated rings. The number of nitro groups is 1. The van der Waals surface area contributed by atoms with Crippen LogP contribution in [0, 0.1) is 10.1 Å². The Kier molecular flexibility index (Phi) is 4.76. The van der Waals surface area contributed by atoms with Gasteiger partial charge in [-0.25, -0.2) is 9.78 Å². The minimum atomic E-state index is -0.679. The summed E-state index contributed by atoms with van der Waals surface area (Å²) in [7, 11) is 2.75. The van der Waals surface area contributed by atoms with Crippen LogP contribution < -0.4 is 4.90 Å². The van der Waals surface area contributed by atoms with Gasteiger partial charge in [-0.3, -0.25) is 10.1 Å². The van der Waals surface area contributed by atoms with E-state index >= 15 is 0 Å². The van der Waals surface area contributed by atoms with Crippen molar-refractivity contribution in [3.8, 4) is 0 Å². The zero-order chi connectivity index (χ0) is 14.6. The molecule has 1 heterocycles. The van der Waals surface area contributed by atoms with E-state index in [1.807, 2.05) is 0 Å². The molecule has 0 bridgehead atoms. The van der Waals surface area contributed by atoms with Crippen molar-refractivity contribution in [2.45, 2.75) is 13.0 Å². The average molecular weight is 269 g/mol. The van der Waals surface area contributed by atoms with Crippen molar-refractivity contribution in [2.75, 3.05) is 25.7 Å². The number of carbonyl (C=O) groups is 1. The van der Waals surface area contributed by atoms with Gasteiger partial charge in [0.05, 0.1) is 24.7 Å². The number of hydrogen-bond donors (Lipinski definition) is 1. The number of likely N-dealkylation sites (N-methyl/N-ethyl adjacent to an activating group) is 1. The first-order valence-electron chi connectivity index (χ1n) is 5.49. The zero-order valence-electron chi connectivity index (χ0n) is 10.9. The molecule has 0 amide bonds. The third-order valence-corrected chi connectivity index (χ3v) is 2.71. The molecule has 8 heteroatoms. The number of esters is 1. The number of rotatable bonds is 5. The van der Waals surface area contributed by atoms with Crippen LogP contribution in [-0.4, -0.2) is 47.8 Å². The molecule has 0 aliphatic carbocycles. The van der Waals surface area contributed by atoms with Gasteiger partial charge in [0, 0.05) is 13.1 Å². The molecule has 1 aromatic rings. The van der Waals surface area contributed by atoms with Gasteiger partial charge in [-0.1, -0.05) is 0 Å². The summed E-state index contributed by atoms with van der Waals surface area (Å²) in [6.07, 6.45) is 0. The fraction of sp³-hybridized carbons (Fsp3) is 0.455. The molecule has 1 unspecified atom stereocenters. The molecule has 0 aliphatic rings. The quantitative estimate of drug-likeness (QED) is 0.473. The fourth-order valence-corrected chi connectivity index (χ4v) is 1.39. The van der Waals surface area contributed by atoms with Crippen molar-refractivity contribution in [1.82, 2.24) is 4.98 Å². The van der Waals surface area contributed by atoms with Crippen molar-refractivity contribution < 1.29 is 19.6 Å². The van der Waals surface area contributed by atoms with Crippen LogP contribution in [0.4, 0.5) is 11.5 Å². The Bertz CT molecular complexity index is 491. The molecule has 1 rings (SSSR count). The number of aliphatic hydroxyl groups is 1. The van der Waals surface area contributed by atoms with Gasteiger partial charge in [-0.05, 0) is 13.0 Å². The number of aliphatic hydroxyl groups excluding tert-OH is 1. The summed E-state index contributed by atoms with van der Waals surface area (Å²) in [6, 6.07) is 2.04. The summed E-state index contributed by atoms with van der Waals surface area (Å²) < 4.78 is 4.52. The predicted molar refractivity (Wildman–Crippen MR) is 67.2 cm³/mol. The lowest BCUT2D eigenvalue weighted by Crippen LogP contribution is -2.33. The lowest BCUT2D eigenvalue weighted by molar-refractivity contribution is -0.384. The zero-order valence-corrected chi connectivity index (χ0v) is 10.9. The molecule has 0 saturated carbocycles. The molecule has 8 nitrogen and oxygen atoms in total. The summed E-state index contributed by atoms with van der Waals surface area (Å²) in [5, 5.41) is 20.0. The Morgan fingerprint density at radius 3 is 2.74 bits per heavy atom. The summed E-state index contributed by atoms with van der Waals surface area (Å²) in [5.41, 5.74) is -0.268. The van der Waals surface area contributed by atoms with E-state index in [1.54, 1.807) is 14.0 Å². The lowest BCUT2D eigenvalue weighted by atomic mass is 10.2. The second-order valence-electron chi connectivity index (χ2n) is 3.93. The van der Waals surface area contributed by atoms with Crippen LogP contribution in [0.25, 0.3) is 0 Å². The second-order valence-corrected chi connectivity index (χ2v) is 3.93. The Balaban J connectivity index is 3.30. The van der Waals surface area contributed by atoms with Crippen LogP contribution in [0.2, 0.25) is 0 Å². The largest absolute Gasteiger partial charge is 0.464 e. The van der Waals surface area contributed by atoms with Gasteiger partial charge in [-0.15, -0.1) is 0 Å². The maximum atomic E-state index is 11.4. The highest BCUT2D eigenvalue weighted by Crippen LogP contribution is 2.26. The van der Waals surface area contributed by atoms with Gasteiger partial charge >= 0.3 is 11.7 Å². The highest BCUT2D eigenvalue weighted by Gasteiger charge is 2.24. The molecule has 1 atom stereocenters. The highest BCUT2D eigenvalue weighted by molar-refractivity contribution is 5.88. The van der Waals surface area contributed by atoms with Crippen LogP contribution in [-0.2, 0) is 4.74 Å². The van der Waals surface area contributed by atoms with E-state index in [-0.39, 0.29) is 29.8 Å². The van der Waals surface area contributed by atoms with Crippen molar-refractivity contribution in [2.24, 2.45) is 0 Å². The third kappa shape index (κ3) is 3.16. The van der Waals surface area contributed by atoms with E-state index in [0.717, 1.165) is 0 Å². The maximum Gasteiger partial charge on any atom is 0.356 e. The van der Waals surface area contributed by atoms with Gasteiger partial charge in [0.2, 0.25) is 5.82 Å². The number of aromatic nitrogens is 1. The Hall–Kier alpha value is -2.22. The Morgan fingerprint density at radius 1 is 1.63 bits per heavy atom. The molecule has 1 aromatic heterocycles. The highest BCUT2D eigenvalue weighted by atomic mass is 16.6. The maximum absolute atomic E-state index is 11.4. The van der Waals surface area contributed by atoms with Crippen LogP contribution >= 0.6 is 0 Å². The predicted octanol–water partition coefficient (Wildman–Crippen LogP) is 0.593. The number of anilines is 1. The summed E-state index contributed by atoms with van der Waals surface area (Å²) in [6.45, 7) is 1.48. The number of methoxy groups -OCH3 is 1. The van der Waals surface area contributed by atoms with E-state index < -0.39 is 10.9 Å². The molecule has 19 heavy (non-hydrogen) atoms. The Labute approximate surface area is 109 Å². The molecule has 0 aromatic carbocycles. The molecular formula is C11H15N3O5. The topological polar surface area (TPSA) is 106 Å². The number of hydrogen-bond acceptors (Lipinski definition) is 7. The third-order valence-electron chi connectivity index (χ3n) is 2.71. The van der Waals surface area contributed by atoms with Gasteiger partial charge in [0.15, 0.2) is 5.69 Å². The van der Waals surface area contributed by atoms with E-state index in [0.29, 0.717) is 0 Å². The summed E-state index contributed by atoms with van der Waals surface area (Å²) >= 11 is 0. The number of pyridine rings is 1. The molecule has 0 spiro atoms. The standard InChI is InChI=1S/C11H15N3O5/c1-7(6-15)13(2)10-9(14(17)18)5-4-8(12-10)11(16)19-3/h4-5,7,15H,6H2,1-3H3. The molecule has 0 aliphatic heterocycles. The van der Waals surface area contributed by atoms with Crippen molar-refractivity contribution in [1.29, 1.82) is 0 Å². The van der Waals surface area contributed by atoms with Crippen molar-refractivity contribution in [3.05, 3.63) is 27.9 Å². The first-order chi connectivity index (χ1) is 8.92. The lowest BCUT2D eigenvalue weighted by Gasteiger charge is -2.23. The SMILES string of the molecule is COC(=O)c1ccc([N+](=O)[O-])c(N(C)C(C)CO)n1. The van der Waals surface area contributed by atoms with E-state index in [9.17, 15) is 14.9 Å². The van der Waals surface area contributed by atoms with Crippen molar-refractivity contribution >= 4 is 17.5 Å². The molecule has 104 valence electrons. The van der Waals surface area contributed by atoms with Gasteiger partial charge in [-0.2, -0.15) is 0 Å². The molecular weight excluding hydrogens is 254 g/mol. The minimum absolute atomic E-state index is 0.00875. The smallest absolute Gasteiger partial charge is 0.356 e. The first-order valence-corrected chi connectivity index (χ1v) is 5.49. The fourth-order valence-electron chi connectivity index (χ4n) is 1.39. The number of carbonyl (C=O) groups excluding carboxylic acids is 1. The van der Waals surface area contributed by atoms with E-state index in [1.165, 1.54) is 24.1 Å². The normalized spacial score (nSPS) is 11.8. The number of nitrogens with zero attached hydrogens (tertiary/aromatic N) is 3. The monoisotopic (exact) mass is 269 g/mol. The molecule has 0 saturated heterocycles. The van der Waals surface area contributed by atoms with Gasteiger partial charge < -0.3 is 14.7 Å². The van der Waals surface area contributed by atoms with Crippen LogP contribution in [0.5, 0.6) is 0 Å². The van der Waals surface area contributed by atoms with Gasteiger partial charge in [0.1, 0.15) is 0 Å². The van der Waals surface area contributed by atoms with E-state index in [2.05, 4.69) is 9.72 Å². The van der Waals surface area contributed by atoms with Crippen LogP contribution in [0.15, 0.2) is 12.1 Å². The first kappa shape index (κ1) is 14.8. The van der Waals surface area contributed by atoms with Crippen molar-refractivity contribution in [3.63, 3.8) is 0 Å². The average Bonchev–Trinajstić information content (AvgIpc) is 2.43. The summed E-state index contributed by atoms with van der Waals surface area (Å²) in [4.78, 5) is 27.1.